The molecule has 186 valence electrons. The van der Waals surface area contributed by atoms with Crippen molar-refractivity contribution in [2.75, 3.05) is 26.1 Å². The van der Waals surface area contributed by atoms with E-state index >= 15 is 0 Å². The Morgan fingerprint density at radius 1 is 1.00 bits per heavy atom. The minimum atomic E-state index is -1.67. The highest BCUT2D eigenvalue weighted by molar-refractivity contribution is 6.10. The Morgan fingerprint density at radius 2 is 1.67 bits per heavy atom. The first-order valence-corrected chi connectivity index (χ1v) is 11.2. The average molecular weight is 493 g/mol. The molecular weight excluding hydrogens is 467 g/mol. The number of urea groups is 1. The van der Waals surface area contributed by atoms with Crippen LogP contribution in [0.5, 0.6) is 11.5 Å². The molecule has 1 aromatic heterocycles. The first-order valence-electron chi connectivity index (χ1n) is 11.2. The van der Waals surface area contributed by atoms with Gasteiger partial charge in [-0.25, -0.2) is 14.2 Å². The Morgan fingerprint density at radius 3 is 2.28 bits per heavy atom. The molecule has 1 aliphatic heterocycles. The van der Waals surface area contributed by atoms with E-state index in [0.717, 1.165) is 5.56 Å². The van der Waals surface area contributed by atoms with Gasteiger partial charge in [-0.3, -0.25) is 14.9 Å². The molecule has 2 aromatic carbocycles. The summed E-state index contributed by atoms with van der Waals surface area (Å²) in [6.07, 6.45) is 1.46. The summed E-state index contributed by atoms with van der Waals surface area (Å²) in [4.78, 5) is 44.8. The van der Waals surface area contributed by atoms with Crippen LogP contribution in [-0.2, 0) is 21.5 Å². The van der Waals surface area contributed by atoms with Crippen molar-refractivity contribution in [1.82, 2.24) is 15.2 Å². The van der Waals surface area contributed by atoms with E-state index in [1.54, 1.807) is 31.4 Å². The van der Waals surface area contributed by atoms with E-state index < -0.39 is 35.6 Å². The number of carbonyl (C=O) groups excluding carboxylic acids is 3. The Labute approximate surface area is 207 Å². The van der Waals surface area contributed by atoms with Crippen molar-refractivity contribution in [3.8, 4) is 11.5 Å². The number of nitrogens with one attached hydrogen (secondary N) is 2. The van der Waals surface area contributed by atoms with Gasteiger partial charge in [0.25, 0.3) is 5.91 Å². The number of amides is 4. The largest absolute Gasteiger partial charge is 0.497 e. The van der Waals surface area contributed by atoms with Crippen LogP contribution < -0.4 is 20.1 Å². The SMILES string of the molecule is COc1ccc(CCN2C(=O)NC(=O)C2(CC(=O)Nc2ccc(OC)cn2)c2ccc(F)cc2)cc1. The standard InChI is InChI=1S/C26H25FN4O5/c1-35-20-9-3-17(4-10-20)13-14-31-25(34)30-24(33)26(31,18-5-7-19(27)8-6-18)15-23(32)29-22-12-11-21(36-2)16-28-22/h3-12,16H,13-15H2,1-2H3,(H,28,29,32)(H,30,33,34). The van der Waals surface area contributed by atoms with Crippen molar-refractivity contribution in [2.24, 2.45) is 0 Å². The highest BCUT2D eigenvalue weighted by Crippen LogP contribution is 2.37. The van der Waals surface area contributed by atoms with Crippen molar-refractivity contribution in [3.05, 3.63) is 83.8 Å². The van der Waals surface area contributed by atoms with Crippen molar-refractivity contribution < 1.29 is 28.2 Å². The number of imide groups is 1. The maximum absolute atomic E-state index is 13.7. The van der Waals surface area contributed by atoms with Crippen LogP contribution in [0, 0.1) is 5.82 Å². The molecule has 0 saturated carbocycles. The smallest absolute Gasteiger partial charge is 0.325 e. The molecule has 0 radical (unpaired) electrons. The summed E-state index contributed by atoms with van der Waals surface area (Å²) in [6, 6.07) is 15.1. The summed E-state index contributed by atoms with van der Waals surface area (Å²) >= 11 is 0. The monoisotopic (exact) mass is 492 g/mol. The van der Waals surface area contributed by atoms with Gasteiger partial charge in [-0.05, 0) is 53.9 Å². The van der Waals surface area contributed by atoms with Crippen LogP contribution in [0.2, 0.25) is 0 Å². The van der Waals surface area contributed by atoms with Gasteiger partial charge in [0.1, 0.15) is 23.1 Å². The van der Waals surface area contributed by atoms with Gasteiger partial charge in [-0.15, -0.1) is 0 Å². The van der Waals surface area contributed by atoms with Gasteiger partial charge in [0.05, 0.1) is 26.8 Å². The van der Waals surface area contributed by atoms with Crippen molar-refractivity contribution >= 4 is 23.7 Å². The molecule has 1 aliphatic rings. The molecule has 4 amide bonds. The number of nitrogens with zero attached hydrogens (tertiary/aromatic N) is 2. The third-order valence-corrected chi connectivity index (χ3v) is 6.06. The van der Waals surface area contributed by atoms with Crippen LogP contribution in [0.1, 0.15) is 17.5 Å². The highest BCUT2D eigenvalue weighted by Gasteiger charge is 2.55. The summed E-state index contributed by atoms with van der Waals surface area (Å²) in [7, 11) is 3.07. The Hall–Kier alpha value is -4.47. The molecular formula is C26H25FN4O5. The van der Waals surface area contributed by atoms with Crippen LogP contribution in [0.15, 0.2) is 66.9 Å². The van der Waals surface area contributed by atoms with E-state index in [1.165, 1.54) is 42.5 Å². The van der Waals surface area contributed by atoms with Crippen LogP contribution in [0.25, 0.3) is 0 Å². The van der Waals surface area contributed by atoms with Gasteiger partial charge in [0.2, 0.25) is 5.91 Å². The number of pyridine rings is 1. The summed E-state index contributed by atoms with van der Waals surface area (Å²) in [5.41, 5.74) is -0.448. The summed E-state index contributed by atoms with van der Waals surface area (Å²) < 4.78 is 24.0. The number of carbonyl (C=O) groups is 3. The molecule has 4 rings (SSSR count). The lowest BCUT2D eigenvalue weighted by atomic mass is 9.84. The van der Waals surface area contributed by atoms with Crippen LogP contribution in [0.3, 0.4) is 0 Å². The fourth-order valence-electron chi connectivity index (χ4n) is 4.17. The third-order valence-electron chi connectivity index (χ3n) is 6.06. The van der Waals surface area contributed by atoms with Crippen LogP contribution >= 0.6 is 0 Å². The summed E-state index contributed by atoms with van der Waals surface area (Å²) in [5, 5.41) is 4.99. The molecule has 1 saturated heterocycles. The Bertz CT molecular complexity index is 1250. The molecule has 0 aliphatic carbocycles. The van der Waals surface area contributed by atoms with E-state index in [1.807, 2.05) is 12.1 Å². The minimum Gasteiger partial charge on any atom is -0.497 e. The lowest BCUT2D eigenvalue weighted by molar-refractivity contribution is -0.131. The average Bonchev–Trinajstić information content (AvgIpc) is 3.12. The first-order chi connectivity index (χ1) is 17.3. The highest BCUT2D eigenvalue weighted by atomic mass is 19.1. The molecule has 3 aromatic rings. The second kappa shape index (κ2) is 10.4. The quantitative estimate of drug-likeness (QED) is 0.444. The second-order valence-electron chi connectivity index (χ2n) is 8.18. The molecule has 36 heavy (non-hydrogen) atoms. The van der Waals surface area contributed by atoms with Gasteiger partial charge in [-0.2, -0.15) is 0 Å². The van der Waals surface area contributed by atoms with E-state index in [2.05, 4.69) is 15.6 Å². The fourth-order valence-corrected chi connectivity index (χ4v) is 4.17. The number of anilines is 1. The summed E-state index contributed by atoms with van der Waals surface area (Å²) in [6.45, 7) is 0.134. The molecule has 1 fully saturated rings. The number of hydrogen-bond acceptors (Lipinski definition) is 6. The van der Waals surface area contributed by atoms with E-state index in [4.69, 9.17) is 9.47 Å². The van der Waals surface area contributed by atoms with Gasteiger partial charge < -0.3 is 19.7 Å². The third kappa shape index (κ3) is 4.97. The zero-order valence-electron chi connectivity index (χ0n) is 19.8. The van der Waals surface area contributed by atoms with Crippen molar-refractivity contribution in [2.45, 2.75) is 18.4 Å². The number of benzene rings is 2. The number of rotatable bonds is 9. The first kappa shape index (κ1) is 24.6. The van der Waals surface area contributed by atoms with Gasteiger partial charge in [0.15, 0.2) is 5.54 Å². The number of aromatic nitrogens is 1. The van der Waals surface area contributed by atoms with Gasteiger partial charge >= 0.3 is 6.03 Å². The normalized spacial score (nSPS) is 17.0. The lowest BCUT2D eigenvalue weighted by Gasteiger charge is -2.35. The molecule has 10 heteroatoms. The topological polar surface area (TPSA) is 110 Å². The van der Waals surface area contributed by atoms with E-state index in [9.17, 15) is 18.8 Å². The predicted molar refractivity (Wildman–Crippen MR) is 129 cm³/mol. The van der Waals surface area contributed by atoms with Gasteiger partial charge in [-0.1, -0.05) is 24.3 Å². The molecule has 1 atom stereocenters. The molecule has 2 heterocycles. The van der Waals surface area contributed by atoms with Crippen LogP contribution in [-0.4, -0.2) is 48.5 Å². The van der Waals surface area contributed by atoms with Crippen LogP contribution in [0.4, 0.5) is 15.0 Å². The summed E-state index contributed by atoms with van der Waals surface area (Å²) in [5.74, 6) is -0.249. The predicted octanol–water partition coefficient (Wildman–Crippen LogP) is 3.26. The fraction of sp³-hybridized carbons (Fsp3) is 0.231. The number of hydrogen-bond donors (Lipinski definition) is 2. The second-order valence-corrected chi connectivity index (χ2v) is 8.18. The zero-order valence-corrected chi connectivity index (χ0v) is 19.8. The molecule has 9 nitrogen and oxygen atoms in total. The number of halogens is 1. The van der Waals surface area contributed by atoms with E-state index in [-0.39, 0.29) is 12.4 Å². The molecule has 2 N–H and O–H groups in total. The molecule has 0 bridgehead atoms. The maximum atomic E-state index is 13.7. The van der Waals surface area contributed by atoms with Gasteiger partial charge in [0, 0.05) is 6.54 Å². The molecule has 1 unspecified atom stereocenters. The molecule has 0 spiro atoms. The number of ether oxygens (including phenoxy) is 2. The lowest BCUT2D eigenvalue weighted by Crippen LogP contribution is -2.50. The van der Waals surface area contributed by atoms with Crippen molar-refractivity contribution in [1.29, 1.82) is 0 Å². The Kier molecular flexibility index (Phi) is 7.14. The minimum absolute atomic E-state index is 0.134. The van der Waals surface area contributed by atoms with Crippen molar-refractivity contribution in [3.63, 3.8) is 0 Å². The maximum Gasteiger partial charge on any atom is 0.325 e. The zero-order chi connectivity index (χ0) is 25.7. The van der Waals surface area contributed by atoms with E-state index in [0.29, 0.717) is 23.5 Å². The Balaban J connectivity index is 1.64. The number of methoxy groups -OCH3 is 2.